The Bertz CT molecular complexity index is 1740. The van der Waals surface area contributed by atoms with Gasteiger partial charge in [0.2, 0.25) is 15.6 Å². The number of hydrogen-bond donors (Lipinski definition) is 0. The number of nitroso groups, excluding NO2 is 1. The first-order chi connectivity index (χ1) is 18.6. The Balaban J connectivity index is 1.60. The normalized spacial score (nSPS) is 17.4. The fourth-order valence-corrected chi connectivity index (χ4v) is 7.18. The number of rotatable bonds is 7. The van der Waals surface area contributed by atoms with E-state index in [1.165, 1.54) is 48.5 Å². The first-order valence-corrected chi connectivity index (χ1v) is 14.2. The summed E-state index contributed by atoms with van der Waals surface area (Å²) in [6.07, 6.45) is 1.07. The number of carbonyl (C=O) groups excluding carboxylic acids is 3. The smallest absolute Gasteiger partial charge is 0.293 e. The average Bonchev–Trinajstić information content (AvgIpc) is 3.52. The highest BCUT2D eigenvalue weighted by molar-refractivity contribution is 7.93. The van der Waals surface area contributed by atoms with Crippen molar-refractivity contribution in [1.29, 1.82) is 0 Å². The topological polar surface area (TPSA) is 131 Å². The number of amides is 1. The van der Waals surface area contributed by atoms with Crippen LogP contribution in [0.5, 0.6) is 0 Å². The van der Waals surface area contributed by atoms with E-state index >= 15 is 0 Å². The minimum atomic E-state index is -4.09. The van der Waals surface area contributed by atoms with Gasteiger partial charge in [0, 0.05) is 15.6 Å². The van der Waals surface area contributed by atoms with E-state index < -0.39 is 39.3 Å². The Morgan fingerprint density at radius 2 is 1.62 bits per heavy atom. The number of aromatic nitrogens is 1. The second kappa shape index (κ2) is 10.4. The van der Waals surface area contributed by atoms with Crippen LogP contribution >= 0.6 is 34.5 Å². The molecule has 1 saturated heterocycles. The molecular formula is C26H15Cl2N3O6S2. The summed E-state index contributed by atoms with van der Waals surface area (Å²) in [5, 5.41) is 3.25. The van der Waals surface area contributed by atoms with Crippen LogP contribution in [0.25, 0.3) is 0 Å². The molecule has 2 unspecified atom stereocenters. The van der Waals surface area contributed by atoms with Gasteiger partial charge in [-0.25, -0.2) is 13.4 Å². The molecule has 13 heteroatoms. The van der Waals surface area contributed by atoms with E-state index in [1.54, 1.807) is 24.3 Å². The zero-order valence-electron chi connectivity index (χ0n) is 19.5. The summed E-state index contributed by atoms with van der Waals surface area (Å²) in [5.41, 5.74) is 0.543. The van der Waals surface area contributed by atoms with E-state index in [0.717, 1.165) is 11.1 Å². The highest BCUT2D eigenvalue weighted by Crippen LogP contribution is 2.45. The predicted molar refractivity (Wildman–Crippen MR) is 145 cm³/mol. The highest BCUT2D eigenvalue weighted by atomic mass is 35.5. The largest absolute Gasteiger partial charge is 0.297 e. The van der Waals surface area contributed by atoms with Crippen molar-refractivity contribution >= 4 is 72.7 Å². The number of hydrogen-bond acceptors (Lipinski definition) is 9. The summed E-state index contributed by atoms with van der Waals surface area (Å²) in [7, 11) is -4.09. The summed E-state index contributed by atoms with van der Waals surface area (Å²) in [6.45, 7) is 0. The number of thiazole rings is 1. The highest BCUT2D eigenvalue weighted by Gasteiger charge is 2.53. The summed E-state index contributed by atoms with van der Waals surface area (Å²) in [4.78, 5) is 55.9. The van der Waals surface area contributed by atoms with Gasteiger partial charge < -0.3 is 0 Å². The maximum Gasteiger partial charge on any atom is 0.297 e. The van der Waals surface area contributed by atoms with Crippen LogP contribution in [-0.2, 0) is 19.4 Å². The fraction of sp³-hybridized carbons (Fsp3) is 0.0769. The Morgan fingerprint density at radius 1 is 0.949 bits per heavy atom. The summed E-state index contributed by atoms with van der Waals surface area (Å²) < 4.78 is 26.2. The number of nitrogens with zero attached hydrogens (tertiary/aromatic N) is 3. The first-order valence-electron chi connectivity index (χ1n) is 11.2. The standard InChI is InChI=1S/C26H15Cl2N3O6S2/c27-15-7-5-14(6-8-15)23(32)21-22(18-3-1-2-4-19(18)28)31(25(34)24(21)33)26-29-13-20(38-26)39(36,37)17-11-9-16(30-35)10-12-17/h1-13,21-22H. The van der Waals surface area contributed by atoms with E-state index in [9.17, 15) is 27.7 Å². The lowest BCUT2D eigenvalue weighted by molar-refractivity contribution is -0.135. The van der Waals surface area contributed by atoms with Gasteiger partial charge in [-0.05, 0) is 65.3 Å². The summed E-state index contributed by atoms with van der Waals surface area (Å²) in [5.74, 6) is -4.08. The summed E-state index contributed by atoms with van der Waals surface area (Å²) in [6, 6.07) is 16.1. The molecule has 196 valence electrons. The van der Waals surface area contributed by atoms with Crippen LogP contribution in [0.15, 0.2) is 93.3 Å². The molecule has 1 aliphatic heterocycles. The van der Waals surface area contributed by atoms with Crippen LogP contribution in [0.4, 0.5) is 10.8 Å². The number of carbonyl (C=O) groups is 3. The van der Waals surface area contributed by atoms with Gasteiger partial charge in [-0.15, -0.1) is 4.91 Å². The lowest BCUT2D eigenvalue weighted by Crippen LogP contribution is -2.30. The molecule has 0 saturated carbocycles. The van der Waals surface area contributed by atoms with Gasteiger partial charge in [-0.1, -0.05) is 52.7 Å². The van der Waals surface area contributed by atoms with Crippen molar-refractivity contribution in [3.8, 4) is 0 Å². The van der Waals surface area contributed by atoms with Crippen molar-refractivity contribution in [2.45, 2.75) is 15.1 Å². The molecule has 0 N–H and O–H groups in total. The minimum absolute atomic E-state index is 0.0547. The summed E-state index contributed by atoms with van der Waals surface area (Å²) >= 11 is 13.1. The molecular weight excluding hydrogens is 585 g/mol. The van der Waals surface area contributed by atoms with Crippen LogP contribution < -0.4 is 4.90 Å². The van der Waals surface area contributed by atoms with Gasteiger partial charge in [0.05, 0.1) is 17.1 Å². The first kappa shape index (κ1) is 26.8. The molecule has 0 radical (unpaired) electrons. The van der Waals surface area contributed by atoms with Gasteiger partial charge in [0.1, 0.15) is 15.8 Å². The molecule has 0 spiro atoms. The zero-order valence-corrected chi connectivity index (χ0v) is 22.7. The molecule has 5 rings (SSSR count). The Morgan fingerprint density at radius 3 is 2.26 bits per heavy atom. The third kappa shape index (κ3) is 4.78. The van der Waals surface area contributed by atoms with Crippen LogP contribution in [0.3, 0.4) is 0 Å². The Labute approximate surface area is 235 Å². The molecule has 0 bridgehead atoms. The van der Waals surface area contributed by atoms with E-state index in [4.69, 9.17) is 23.2 Å². The van der Waals surface area contributed by atoms with E-state index in [0.29, 0.717) is 21.9 Å². The van der Waals surface area contributed by atoms with Crippen LogP contribution in [0.1, 0.15) is 22.0 Å². The van der Waals surface area contributed by atoms with Crippen molar-refractivity contribution in [3.63, 3.8) is 0 Å². The van der Waals surface area contributed by atoms with Crippen molar-refractivity contribution in [2.24, 2.45) is 11.1 Å². The van der Waals surface area contributed by atoms with Gasteiger partial charge in [-0.3, -0.25) is 19.3 Å². The molecule has 1 aliphatic rings. The van der Waals surface area contributed by atoms with Gasteiger partial charge in [0.15, 0.2) is 10.9 Å². The molecule has 1 aromatic heterocycles. The monoisotopic (exact) mass is 599 g/mol. The third-order valence-corrected chi connectivity index (χ3v) is 9.96. The number of benzene rings is 3. The van der Waals surface area contributed by atoms with E-state index in [-0.39, 0.29) is 30.5 Å². The molecule has 1 amide bonds. The van der Waals surface area contributed by atoms with E-state index in [2.05, 4.69) is 10.2 Å². The lowest BCUT2D eigenvalue weighted by atomic mass is 9.86. The lowest BCUT2D eigenvalue weighted by Gasteiger charge is -2.25. The van der Waals surface area contributed by atoms with Gasteiger partial charge >= 0.3 is 0 Å². The zero-order chi connectivity index (χ0) is 27.9. The van der Waals surface area contributed by atoms with Crippen LogP contribution in [-0.4, -0.2) is 30.9 Å². The van der Waals surface area contributed by atoms with Gasteiger partial charge in [-0.2, -0.15) is 0 Å². The molecule has 2 heterocycles. The molecule has 0 aliphatic carbocycles. The number of ketones is 2. The Hall–Kier alpha value is -3.77. The number of anilines is 1. The maximum atomic E-state index is 13.6. The average molecular weight is 600 g/mol. The number of halogens is 2. The van der Waals surface area contributed by atoms with Crippen molar-refractivity contribution < 1.29 is 22.8 Å². The number of sulfone groups is 1. The second-order valence-electron chi connectivity index (χ2n) is 8.41. The third-order valence-electron chi connectivity index (χ3n) is 6.14. The van der Waals surface area contributed by atoms with Crippen LogP contribution in [0, 0.1) is 10.8 Å². The fourth-order valence-electron chi connectivity index (χ4n) is 4.25. The molecule has 9 nitrogen and oxygen atoms in total. The van der Waals surface area contributed by atoms with Crippen molar-refractivity contribution in [3.05, 3.63) is 105 Å². The molecule has 39 heavy (non-hydrogen) atoms. The number of Topliss-reactive ketones (excluding diaryl/α,β-unsaturated/α-hetero) is 2. The van der Waals surface area contributed by atoms with Crippen molar-refractivity contribution in [1.82, 2.24) is 4.98 Å². The minimum Gasteiger partial charge on any atom is -0.293 e. The van der Waals surface area contributed by atoms with Crippen LogP contribution in [0.2, 0.25) is 10.0 Å². The molecule has 1 fully saturated rings. The van der Waals surface area contributed by atoms with E-state index in [1.807, 2.05) is 0 Å². The maximum absolute atomic E-state index is 13.6. The molecule has 3 aromatic carbocycles. The molecule has 2 atom stereocenters. The predicted octanol–water partition coefficient (Wildman–Crippen LogP) is 5.84. The Kier molecular flexibility index (Phi) is 7.17. The quantitative estimate of drug-likeness (QED) is 0.113. The van der Waals surface area contributed by atoms with Gasteiger partial charge in [0.25, 0.3) is 5.91 Å². The van der Waals surface area contributed by atoms with Crippen molar-refractivity contribution in [2.75, 3.05) is 4.90 Å². The molecule has 4 aromatic rings. The SMILES string of the molecule is O=Nc1ccc(S(=O)(=O)c2cnc(N3C(=O)C(=O)C(C(=O)c4ccc(Cl)cc4)C3c3ccccc3Cl)s2)cc1. The second-order valence-corrected chi connectivity index (χ2v) is 12.4.